The van der Waals surface area contributed by atoms with Crippen LogP contribution in [0.5, 0.6) is 0 Å². The van der Waals surface area contributed by atoms with E-state index in [-0.39, 0.29) is 6.04 Å². The van der Waals surface area contributed by atoms with Gasteiger partial charge in [0, 0.05) is 42.5 Å². The quantitative estimate of drug-likeness (QED) is 0.556. The average Bonchev–Trinajstić information content (AvgIpc) is 3.05. The van der Waals surface area contributed by atoms with Crippen molar-refractivity contribution in [1.29, 1.82) is 0 Å². The summed E-state index contributed by atoms with van der Waals surface area (Å²) in [5, 5.41) is 3.48. The van der Waals surface area contributed by atoms with Crippen molar-refractivity contribution >= 4 is 22.7 Å². The van der Waals surface area contributed by atoms with E-state index < -0.39 is 0 Å². The van der Waals surface area contributed by atoms with E-state index >= 15 is 0 Å². The van der Waals surface area contributed by atoms with Gasteiger partial charge >= 0.3 is 0 Å². The summed E-state index contributed by atoms with van der Waals surface area (Å²) in [6, 6.07) is 9.01. The van der Waals surface area contributed by atoms with Crippen molar-refractivity contribution in [2.45, 2.75) is 59.7 Å². The Hall–Kier alpha value is -2.67. The van der Waals surface area contributed by atoms with Crippen LogP contribution in [0.3, 0.4) is 0 Å². The van der Waals surface area contributed by atoms with E-state index in [0.29, 0.717) is 12.1 Å². The predicted octanol–water partition coefficient (Wildman–Crippen LogP) is 4.19. The van der Waals surface area contributed by atoms with Gasteiger partial charge in [-0.3, -0.25) is 4.90 Å². The van der Waals surface area contributed by atoms with Gasteiger partial charge in [-0.2, -0.15) is 0 Å². The van der Waals surface area contributed by atoms with Crippen LogP contribution in [0.25, 0.3) is 22.6 Å². The molecule has 2 aromatic heterocycles. The predicted molar refractivity (Wildman–Crippen MR) is 121 cm³/mol. The first kappa shape index (κ1) is 21.0. The minimum Gasteiger partial charge on any atom is -0.399 e. The first-order valence-electron chi connectivity index (χ1n) is 10.4. The van der Waals surface area contributed by atoms with Gasteiger partial charge in [-0.1, -0.05) is 12.1 Å². The van der Waals surface area contributed by atoms with Crippen molar-refractivity contribution in [2.75, 3.05) is 24.1 Å². The Bertz CT molecular complexity index is 951. The molecule has 0 saturated carbocycles. The van der Waals surface area contributed by atoms with Gasteiger partial charge in [0.15, 0.2) is 17.0 Å². The number of hydrogen-bond acceptors (Lipinski definition) is 6. The van der Waals surface area contributed by atoms with Crippen molar-refractivity contribution in [3.8, 4) is 11.4 Å². The molecule has 7 nitrogen and oxygen atoms in total. The molecule has 0 unspecified atom stereocenters. The van der Waals surface area contributed by atoms with Crippen molar-refractivity contribution in [2.24, 2.45) is 0 Å². The van der Waals surface area contributed by atoms with Crippen LogP contribution in [0.15, 0.2) is 30.6 Å². The molecule has 0 saturated heterocycles. The summed E-state index contributed by atoms with van der Waals surface area (Å²) in [7, 11) is 0. The van der Waals surface area contributed by atoms with Crippen molar-refractivity contribution in [3.63, 3.8) is 0 Å². The number of fused-ring (bicyclic) bond motifs is 1. The highest BCUT2D eigenvalue weighted by Crippen LogP contribution is 2.30. The summed E-state index contributed by atoms with van der Waals surface area (Å²) in [5.41, 5.74) is 9.33. The molecule has 3 N–H and O–H groups in total. The molecule has 0 atom stereocenters. The summed E-state index contributed by atoms with van der Waals surface area (Å²) in [6.07, 6.45) is 1.61. The molecular weight excluding hydrogens is 362 g/mol. The molecule has 1 aromatic carbocycles. The lowest BCUT2D eigenvalue weighted by Gasteiger charge is -2.30. The third kappa shape index (κ3) is 4.50. The number of nitrogens with zero attached hydrogens (tertiary/aromatic N) is 5. The number of anilines is 2. The lowest BCUT2D eigenvalue weighted by Crippen LogP contribution is -2.40. The lowest BCUT2D eigenvalue weighted by molar-refractivity contribution is 0.182. The van der Waals surface area contributed by atoms with Crippen LogP contribution >= 0.6 is 0 Å². The summed E-state index contributed by atoms with van der Waals surface area (Å²) >= 11 is 0. The second kappa shape index (κ2) is 8.78. The number of nitrogen functional groups attached to an aromatic ring is 1. The fourth-order valence-corrected chi connectivity index (χ4v) is 3.82. The number of nitrogens with one attached hydrogen (secondary N) is 1. The third-order valence-electron chi connectivity index (χ3n) is 5.13. The number of hydrogen-bond donors (Lipinski definition) is 2. The van der Waals surface area contributed by atoms with Crippen LogP contribution in [0.4, 0.5) is 11.5 Å². The summed E-state index contributed by atoms with van der Waals surface area (Å²) in [4.78, 5) is 16.4. The highest BCUT2D eigenvalue weighted by molar-refractivity contribution is 5.86. The van der Waals surface area contributed by atoms with E-state index in [0.717, 1.165) is 47.1 Å². The molecule has 3 aromatic rings. The molecule has 0 aliphatic rings. The molecule has 0 amide bonds. The zero-order valence-corrected chi connectivity index (χ0v) is 18.3. The Labute approximate surface area is 173 Å². The second-order valence-corrected chi connectivity index (χ2v) is 8.27. The first-order valence-corrected chi connectivity index (χ1v) is 10.4. The Morgan fingerprint density at radius 1 is 1.07 bits per heavy atom. The number of imidazole rings is 1. The SMILES string of the molecule is CC(C)N(CCNc1ncnc2c1nc(-c1cccc(N)c1)n2C(C)C)C(C)C. The van der Waals surface area contributed by atoms with E-state index in [1.165, 1.54) is 0 Å². The van der Waals surface area contributed by atoms with Gasteiger partial charge in [-0.25, -0.2) is 15.0 Å². The van der Waals surface area contributed by atoms with E-state index in [4.69, 9.17) is 10.7 Å². The van der Waals surface area contributed by atoms with Crippen LogP contribution in [0, 0.1) is 0 Å². The maximum Gasteiger partial charge on any atom is 0.166 e. The normalized spacial score (nSPS) is 12.1. The summed E-state index contributed by atoms with van der Waals surface area (Å²) < 4.78 is 2.14. The molecule has 0 spiro atoms. The molecule has 7 heteroatoms. The first-order chi connectivity index (χ1) is 13.8. The molecule has 0 aliphatic carbocycles. The third-order valence-corrected chi connectivity index (χ3v) is 5.13. The molecule has 0 bridgehead atoms. The maximum absolute atomic E-state index is 6.01. The zero-order valence-electron chi connectivity index (χ0n) is 18.3. The molecular formula is C22H33N7. The van der Waals surface area contributed by atoms with Gasteiger partial charge in [0.25, 0.3) is 0 Å². The van der Waals surface area contributed by atoms with Gasteiger partial charge in [0.2, 0.25) is 0 Å². The van der Waals surface area contributed by atoms with Gasteiger partial charge in [0.1, 0.15) is 12.2 Å². The van der Waals surface area contributed by atoms with Gasteiger partial charge in [-0.15, -0.1) is 0 Å². The topological polar surface area (TPSA) is 84.9 Å². The van der Waals surface area contributed by atoms with E-state index in [9.17, 15) is 0 Å². The van der Waals surface area contributed by atoms with Crippen molar-refractivity contribution in [3.05, 3.63) is 30.6 Å². The number of aromatic nitrogens is 4. The summed E-state index contributed by atoms with van der Waals surface area (Å²) in [6.45, 7) is 14.9. The van der Waals surface area contributed by atoms with E-state index in [1.807, 2.05) is 24.3 Å². The van der Waals surface area contributed by atoms with Crippen molar-refractivity contribution < 1.29 is 0 Å². The second-order valence-electron chi connectivity index (χ2n) is 8.27. The minimum atomic E-state index is 0.205. The van der Waals surface area contributed by atoms with Crippen LogP contribution in [-0.4, -0.2) is 49.6 Å². The minimum absolute atomic E-state index is 0.205. The van der Waals surface area contributed by atoms with E-state index in [1.54, 1.807) is 6.33 Å². The van der Waals surface area contributed by atoms with E-state index in [2.05, 4.69) is 66.3 Å². The van der Waals surface area contributed by atoms with Gasteiger partial charge in [0.05, 0.1) is 0 Å². The molecule has 0 aliphatic heterocycles. The van der Waals surface area contributed by atoms with Crippen LogP contribution < -0.4 is 11.1 Å². The molecule has 3 rings (SSSR count). The maximum atomic E-state index is 6.01. The van der Waals surface area contributed by atoms with Gasteiger partial charge < -0.3 is 15.6 Å². The fraction of sp³-hybridized carbons (Fsp3) is 0.500. The Morgan fingerprint density at radius 3 is 2.41 bits per heavy atom. The molecule has 156 valence electrons. The number of benzene rings is 1. The van der Waals surface area contributed by atoms with Crippen LogP contribution in [-0.2, 0) is 0 Å². The van der Waals surface area contributed by atoms with Crippen molar-refractivity contribution in [1.82, 2.24) is 24.4 Å². The monoisotopic (exact) mass is 395 g/mol. The number of rotatable bonds is 8. The van der Waals surface area contributed by atoms with Gasteiger partial charge in [-0.05, 0) is 53.7 Å². The molecule has 2 heterocycles. The van der Waals surface area contributed by atoms with Crippen LogP contribution in [0.2, 0.25) is 0 Å². The Balaban J connectivity index is 1.95. The highest BCUT2D eigenvalue weighted by atomic mass is 15.2. The smallest absolute Gasteiger partial charge is 0.166 e. The highest BCUT2D eigenvalue weighted by Gasteiger charge is 2.19. The zero-order chi connectivity index (χ0) is 21.1. The largest absolute Gasteiger partial charge is 0.399 e. The van der Waals surface area contributed by atoms with Crippen LogP contribution in [0.1, 0.15) is 47.6 Å². The summed E-state index contributed by atoms with van der Waals surface area (Å²) in [5.74, 6) is 1.63. The Morgan fingerprint density at radius 2 is 1.79 bits per heavy atom. The lowest BCUT2D eigenvalue weighted by atomic mass is 10.2. The Kier molecular flexibility index (Phi) is 6.37. The molecule has 0 fully saturated rings. The fourth-order valence-electron chi connectivity index (χ4n) is 3.82. The molecule has 29 heavy (non-hydrogen) atoms. The average molecular weight is 396 g/mol. The number of nitrogens with two attached hydrogens (primary N) is 1. The standard InChI is InChI=1S/C22H33N7/c1-14(2)28(15(3)4)11-10-24-20-19-22(26-13-25-20)29(16(5)6)21(27-19)17-8-7-9-18(23)12-17/h7-9,12-16H,10-11,23H2,1-6H3,(H,24,25,26). The molecule has 0 radical (unpaired) electrons.